The second-order valence-corrected chi connectivity index (χ2v) is 4.62. The number of rotatable bonds is 6. The van der Waals surface area contributed by atoms with Crippen molar-refractivity contribution in [2.75, 3.05) is 19.6 Å². The van der Waals surface area contributed by atoms with Crippen LogP contribution in [-0.4, -0.2) is 37.5 Å². The van der Waals surface area contributed by atoms with Gasteiger partial charge in [0.15, 0.2) is 5.96 Å². The van der Waals surface area contributed by atoms with E-state index in [-0.39, 0.29) is 11.8 Å². The van der Waals surface area contributed by atoms with Gasteiger partial charge in [0.05, 0.1) is 6.54 Å². The molecule has 5 heteroatoms. The maximum absolute atomic E-state index is 11.3. The van der Waals surface area contributed by atoms with Crippen molar-refractivity contribution in [3.63, 3.8) is 0 Å². The fourth-order valence-corrected chi connectivity index (χ4v) is 1.29. The third kappa shape index (κ3) is 6.14. The number of carbonyl (C=O) groups is 1. The van der Waals surface area contributed by atoms with Crippen molar-refractivity contribution in [2.45, 2.75) is 39.7 Å². The van der Waals surface area contributed by atoms with E-state index in [1.54, 1.807) is 0 Å². The molecular formula is C12H24N4O. The molecule has 0 spiro atoms. The molecule has 0 aromatic rings. The van der Waals surface area contributed by atoms with Gasteiger partial charge in [-0.25, -0.2) is 0 Å². The Morgan fingerprint density at radius 1 is 1.35 bits per heavy atom. The summed E-state index contributed by atoms with van der Waals surface area (Å²) in [6.07, 6.45) is 2.46. The number of carbonyl (C=O) groups excluding carboxylic acids is 1. The highest BCUT2D eigenvalue weighted by Crippen LogP contribution is 2.18. The van der Waals surface area contributed by atoms with Crippen LogP contribution in [0.3, 0.4) is 0 Å². The van der Waals surface area contributed by atoms with Crippen molar-refractivity contribution in [2.24, 2.45) is 10.9 Å². The van der Waals surface area contributed by atoms with Crippen molar-refractivity contribution >= 4 is 11.9 Å². The molecule has 0 aromatic heterocycles. The Morgan fingerprint density at radius 2 is 2.06 bits per heavy atom. The van der Waals surface area contributed by atoms with Crippen LogP contribution in [0.1, 0.15) is 33.6 Å². The Morgan fingerprint density at radius 3 is 2.59 bits per heavy atom. The SMILES string of the molecule is CCNC(=NCCNC(=O)C(C)C)NC1CC1. The molecule has 0 heterocycles. The highest BCUT2D eigenvalue weighted by Gasteiger charge is 2.21. The molecule has 1 saturated carbocycles. The minimum absolute atomic E-state index is 0.0387. The third-order valence-electron chi connectivity index (χ3n) is 2.47. The molecule has 3 N–H and O–H groups in total. The lowest BCUT2D eigenvalue weighted by Gasteiger charge is -2.10. The van der Waals surface area contributed by atoms with Crippen molar-refractivity contribution < 1.29 is 4.79 Å². The fourth-order valence-electron chi connectivity index (χ4n) is 1.29. The number of amides is 1. The van der Waals surface area contributed by atoms with E-state index in [9.17, 15) is 4.79 Å². The molecule has 1 rings (SSSR count). The molecule has 1 aliphatic carbocycles. The predicted molar refractivity (Wildman–Crippen MR) is 70.0 cm³/mol. The second kappa shape index (κ2) is 7.14. The van der Waals surface area contributed by atoms with Crippen LogP contribution in [0.25, 0.3) is 0 Å². The van der Waals surface area contributed by atoms with Gasteiger partial charge in [-0.3, -0.25) is 9.79 Å². The van der Waals surface area contributed by atoms with Crippen LogP contribution in [0, 0.1) is 5.92 Å². The average Bonchev–Trinajstić information content (AvgIpc) is 3.07. The van der Waals surface area contributed by atoms with Crippen LogP contribution in [0.2, 0.25) is 0 Å². The van der Waals surface area contributed by atoms with E-state index < -0.39 is 0 Å². The molecular weight excluding hydrogens is 216 g/mol. The van der Waals surface area contributed by atoms with Crippen LogP contribution in [-0.2, 0) is 4.79 Å². The molecule has 0 aliphatic heterocycles. The molecule has 0 atom stereocenters. The lowest BCUT2D eigenvalue weighted by molar-refractivity contribution is -0.123. The Balaban J connectivity index is 2.20. The first kappa shape index (κ1) is 13.8. The Hall–Kier alpha value is -1.26. The summed E-state index contributed by atoms with van der Waals surface area (Å²) in [7, 11) is 0. The summed E-state index contributed by atoms with van der Waals surface area (Å²) in [4.78, 5) is 15.7. The summed E-state index contributed by atoms with van der Waals surface area (Å²) in [6, 6.07) is 0.595. The smallest absolute Gasteiger partial charge is 0.222 e. The maximum Gasteiger partial charge on any atom is 0.222 e. The zero-order valence-corrected chi connectivity index (χ0v) is 11.0. The van der Waals surface area contributed by atoms with Gasteiger partial charge in [-0.05, 0) is 19.8 Å². The first-order valence-electron chi connectivity index (χ1n) is 6.46. The van der Waals surface area contributed by atoms with Crippen LogP contribution < -0.4 is 16.0 Å². The second-order valence-electron chi connectivity index (χ2n) is 4.62. The van der Waals surface area contributed by atoms with E-state index in [0.29, 0.717) is 19.1 Å². The normalized spacial score (nSPS) is 15.9. The number of hydrogen-bond donors (Lipinski definition) is 3. The molecule has 0 radical (unpaired) electrons. The lowest BCUT2D eigenvalue weighted by Crippen LogP contribution is -2.39. The molecule has 1 aliphatic rings. The minimum Gasteiger partial charge on any atom is -0.357 e. The quantitative estimate of drug-likeness (QED) is 0.359. The predicted octanol–water partition coefficient (Wildman–Crippen LogP) is 0.476. The van der Waals surface area contributed by atoms with Crippen molar-refractivity contribution in [3.05, 3.63) is 0 Å². The molecule has 1 amide bonds. The van der Waals surface area contributed by atoms with E-state index in [1.165, 1.54) is 12.8 Å². The monoisotopic (exact) mass is 240 g/mol. The van der Waals surface area contributed by atoms with Gasteiger partial charge in [0, 0.05) is 25.0 Å². The van der Waals surface area contributed by atoms with E-state index in [0.717, 1.165) is 12.5 Å². The summed E-state index contributed by atoms with van der Waals surface area (Å²) >= 11 is 0. The zero-order valence-electron chi connectivity index (χ0n) is 11.0. The Bertz CT molecular complexity index is 272. The average molecular weight is 240 g/mol. The first-order valence-corrected chi connectivity index (χ1v) is 6.46. The lowest BCUT2D eigenvalue weighted by atomic mass is 10.2. The summed E-state index contributed by atoms with van der Waals surface area (Å²) in [5, 5.41) is 9.37. The molecule has 1 fully saturated rings. The third-order valence-corrected chi connectivity index (χ3v) is 2.47. The molecule has 0 saturated heterocycles. The molecule has 0 aromatic carbocycles. The minimum atomic E-state index is 0.0387. The van der Waals surface area contributed by atoms with E-state index >= 15 is 0 Å². The molecule has 98 valence electrons. The summed E-state index contributed by atoms with van der Waals surface area (Å²) in [6.45, 7) is 7.88. The first-order chi connectivity index (χ1) is 8.13. The van der Waals surface area contributed by atoms with Crippen LogP contribution in [0.15, 0.2) is 4.99 Å². The molecule has 0 unspecified atom stereocenters. The number of hydrogen-bond acceptors (Lipinski definition) is 2. The van der Waals surface area contributed by atoms with Crippen LogP contribution in [0.5, 0.6) is 0 Å². The Labute approximate surface area is 103 Å². The van der Waals surface area contributed by atoms with Crippen molar-refractivity contribution in [1.82, 2.24) is 16.0 Å². The van der Waals surface area contributed by atoms with Gasteiger partial charge >= 0.3 is 0 Å². The summed E-state index contributed by atoms with van der Waals surface area (Å²) in [5.41, 5.74) is 0. The maximum atomic E-state index is 11.3. The zero-order chi connectivity index (χ0) is 12.7. The van der Waals surface area contributed by atoms with E-state index in [2.05, 4.69) is 20.9 Å². The highest BCUT2D eigenvalue weighted by atomic mass is 16.1. The van der Waals surface area contributed by atoms with Gasteiger partial charge in [0.2, 0.25) is 5.91 Å². The summed E-state index contributed by atoms with van der Waals surface area (Å²) in [5.74, 6) is 0.978. The largest absolute Gasteiger partial charge is 0.357 e. The summed E-state index contributed by atoms with van der Waals surface area (Å²) < 4.78 is 0. The van der Waals surface area contributed by atoms with Gasteiger partial charge < -0.3 is 16.0 Å². The van der Waals surface area contributed by atoms with Crippen molar-refractivity contribution in [1.29, 1.82) is 0 Å². The van der Waals surface area contributed by atoms with Gasteiger partial charge in [-0.2, -0.15) is 0 Å². The number of guanidine groups is 1. The van der Waals surface area contributed by atoms with Gasteiger partial charge in [-0.15, -0.1) is 0 Å². The van der Waals surface area contributed by atoms with Gasteiger partial charge in [0.25, 0.3) is 0 Å². The molecule has 5 nitrogen and oxygen atoms in total. The number of nitrogens with zero attached hydrogens (tertiary/aromatic N) is 1. The van der Waals surface area contributed by atoms with Gasteiger partial charge in [-0.1, -0.05) is 13.8 Å². The van der Waals surface area contributed by atoms with Gasteiger partial charge in [0.1, 0.15) is 0 Å². The topological polar surface area (TPSA) is 65.5 Å². The van der Waals surface area contributed by atoms with E-state index in [1.807, 2.05) is 20.8 Å². The Kier molecular flexibility index (Phi) is 5.80. The fraction of sp³-hybridized carbons (Fsp3) is 0.833. The highest BCUT2D eigenvalue weighted by molar-refractivity contribution is 5.80. The van der Waals surface area contributed by atoms with E-state index in [4.69, 9.17) is 0 Å². The molecule has 17 heavy (non-hydrogen) atoms. The molecule has 0 bridgehead atoms. The van der Waals surface area contributed by atoms with Crippen LogP contribution >= 0.6 is 0 Å². The van der Waals surface area contributed by atoms with Crippen molar-refractivity contribution in [3.8, 4) is 0 Å². The number of aliphatic imine (C=N–C) groups is 1. The number of nitrogens with one attached hydrogen (secondary N) is 3. The van der Waals surface area contributed by atoms with Crippen LogP contribution in [0.4, 0.5) is 0 Å². The standard InChI is InChI=1S/C12H24N4O/c1-4-13-12(16-10-5-6-10)15-8-7-14-11(17)9(2)3/h9-10H,4-8H2,1-3H3,(H,14,17)(H2,13,15,16).